The molecule has 3 heterocycles. The molecule has 2 aliphatic rings. The van der Waals surface area contributed by atoms with Crippen LogP contribution in [-0.4, -0.2) is 54.8 Å². The fourth-order valence-electron chi connectivity index (χ4n) is 2.44. The second kappa shape index (κ2) is 4.65. The van der Waals surface area contributed by atoms with Gasteiger partial charge in [-0.3, -0.25) is 4.79 Å². The Kier molecular flexibility index (Phi) is 3.07. The van der Waals surface area contributed by atoms with Crippen LogP contribution in [0.1, 0.15) is 5.56 Å². The largest absolute Gasteiger partial charge is 0.354 e. The molecule has 1 fully saturated rings. The molecule has 0 spiro atoms. The second-order valence-electron chi connectivity index (χ2n) is 4.68. The number of amides is 1. The number of anilines is 2. The van der Waals surface area contributed by atoms with E-state index in [1.807, 2.05) is 4.90 Å². The quantitative estimate of drug-likeness (QED) is 0.671. The molecule has 20 heavy (non-hydrogen) atoms. The van der Waals surface area contributed by atoms with Crippen LogP contribution in [0.15, 0.2) is 6.33 Å². The average Bonchev–Trinajstić information content (AvgIpc) is 2.78. The molecule has 2 aliphatic heterocycles. The summed E-state index contributed by atoms with van der Waals surface area (Å²) in [6.45, 7) is 1.57. The predicted molar refractivity (Wildman–Crippen MR) is 71.3 cm³/mol. The van der Waals surface area contributed by atoms with Gasteiger partial charge in [-0.2, -0.15) is 12.7 Å². The fourth-order valence-corrected chi connectivity index (χ4v) is 3.11. The van der Waals surface area contributed by atoms with Gasteiger partial charge in [0.2, 0.25) is 5.91 Å². The number of piperazine rings is 1. The molecular formula is C10H14N6O3S. The first-order chi connectivity index (χ1) is 9.45. The highest BCUT2D eigenvalue weighted by Gasteiger charge is 2.29. The molecule has 1 amide bonds. The van der Waals surface area contributed by atoms with Crippen molar-refractivity contribution in [2.45, 2.75) is 6.42 Å². The first kappa shape index (κ1) is 13.2. The van der Waals surface area contributed by atoms with E-state index in [2.05, 4.69) is 15.3 Å². The number of aromatic nitrogens is 2. The Labute approximate surface area is 116 Å². The van der Waals surface area contributed by atoms with Gasteiger partial charge in [-0.05, 0) is 0 Å². The summed E-state index contributed by atoms with van der Waals surface area (Å²) in [4.78, 5) is 21.6. The Hall–Kier alpha value is -1.78. The Morgan fingerprint density at radius 1 is 1.20 bits per heavy atom. The van der Waals surface area contributed by atoms with E-state index in [1.54, 1.807) is 0 Å². The highest BCUT2D eigenvalue weighted by molar-refractivity contribution is 7.86. The smallest absolute Gasteiger partial charge is 0.277 e. The summed E-state index contributed by atoms with van der Waals surface area (Å²) in [5.74, 6) is 1.11. The van der Waals surface area contributed by atoms with Crippen molar-refractivity contribution < 1.29 is 13.2 Å². The Morgan fingerprint density at radius 3 is 2.55 bits per heavy atom. The summed E-state index contributed by atoms with van der Waals surface area (Å²) < 4.78 is 23.8. The van der Waals surface area contributed by atoms with Gasteiger partial charge in [-0.1, -0.05) is 0 Å². The number of fused-ring (bicyclic) bond motifs is 1. The van der Waals surface area contributed by atoms with Crippen LogP contribution in [0.3, 0.4) is 0 Å². The minimum Gasteiger partial charge on any atom is -0.354 e. The maximum absolute atomic E-state index is 11.4. The van der Waals surface area contributed by atoms with Crippen LogP contribution in [0.25, 0.3) is 0 Å². The SMILES string of the molecule is NS(=O)(=O)N1CCN(c2ncnc3c2CC(=O)N3)CC1. The zero-order valence-corrected chi connectivity index (χ0v) is 11.4. The molecule has 10 heteroatoms. The van der Waals surface area contributed by atoms with E-state index < -0.39 is 10.2 Å². The van der Waals surface area contributed by atoms with Gasteiger partial charge in [0.15, 0.2) is 0 Å². The number of carbonyl (C=O) groups is 1. The lowest BCUT2D eigenvalue weighted by atomic mass is 10.2. The van der Waals surface area contributed by atoms with E-state index in [-0.39, 0.29) is 12.3 Å². The third-order valence-corrected chi connectivity index (χ3v) is 4.50. The standard InChI is InChI=1S/C10H14N6O3S/c11-20(18,19)16-3-1-15(2-4-16)10-7-5-8(17)14-9(7)12-6-13-10/h6H,1-5H2,(H2,11,18,19)(H,12,13,14,17). The molecule has 3 N–H and O–H groups in total. The third kappa shape index (κ3) is 2.32. The van der Waals surface area contributed by atoms with Gasteiger partial charge >= 0.3 is 0 Å². The van der Waals surface area contributed by atoms with Gasteiger partial charge in [0, 0.05) is 31.7 Å². The fraction of sp³-hybridized carbons (Fsp3) is 0.500. The molecule has 0 atom stereocenters. The van der Waals surface area contributed by atoms with Crippen LogP contribution in [0, 0.1) is 0 Å². The first-order valence-electron chi connectivity index (χ1n) is 6.11. The van der Waals surface area contributed by atoms with Crippen molar-refractivity contribution in [3.05, 3.63) is 11.9 Å². The summed E-state index contributed by atoms with van der Waals surface area (Å²) >= 11 is 0. The van der Waals surface area contributed by atoms with E-state index in [1.165, 1.54) is 10.6 Å². The molecule has 0 radical (unpaired) electrons. The van der Waals surface area contributed by atoms with Crippen molar-refractivity contribution in [3.8, 4) is 0 Å². The van der Waals surface area contributed by atoms with Crippen molar-refractivity contribution >= 4 is 27.8 Å². The second-order valence-corrected chi connectivity index (χ2v) is 6.23. The van der Waals surface area contributed by atoms with Crippen molar-refractivity contribution in [1.29, 1.82) is 0 Å². The van der Waals surface area contributed by atoms with Gasteiger partial charge < -0.3 is 10.2 Å². The molecule has 1 saturated heterocycles. The monoisotopic (exact) mass is 298 g/mol. The minimum atomic E-state index is -3.64. The topological polar surface area (TPSA) is 122 Å². The maximum atomic E-state index is 11.4. The van der Waals surface area contributed by atoms with E-state index in [0.29, 0.717) is 37.8 Å². The van der Waals surface area contributed by atoms with Crippen molar-refractivity contribution in [1.82, 2.24) is 14.3 Å². The number of nitrogens with one attached hydrogen (secondary N) is 1. The van der Waals surface area contributed by atoms with Gasteiger partial charge in [0.05, 0.1) is 6.42 Å². The summed E-state index contributed by atoms with van der Waals surface area (Å²) in [6, 6.07) is 0. The van der Waals surface area contributed by atoms with E-state index >= 15 is 0 Å². The Morgan fingerprint density at radius 2 is 1.90 bits per heavy atom. The molecule has 9 nitrogen and oxygen atoms in total. The molecule has 1 aromatic heterocycles. The van der Waals surface area contributed by atoms with E-state index in [9.17, 15) is 13.2 Å². The molecular weight excluding hydrogens is 284 g/mol. The van der Waals surface area contributed by atoms with Crippen LogP contribution in [-0.2, 0) is 21.4 Å². The number of carbonyl (C=O) groups excluding carboxylic acids is 1. The maximum Gasteiger partial charge on any atom is 0.277 e. The summed E-state index contributed by atoms with van der Waals surface area (Å²) in [5.41, 5.74) is 0.765. The minimum absolute atomic E-state index is 0.107. The summed E-state index contributed by atoms with van der Waals surface area (Å²) in [7, 11) is -3.64. The molecule has 0 saturated carbocycles. The Balaban J connectivity index is 1.80. The molecule has 0 unspecified atom stereocenters. The van der Waals surface area contributed by atoms with E-state index in [4.69, 9.17) is 5.14 Å². The van der Waals surface area contributed by atoms with Crippen LogP contribution >= 0.6 is 0 Å². The highest BCUT2D eigenvalue weighted by atomic mass is 32.2. The molecule has 1 aromatic rings. The molecule has 0 aromatic carbocycles. The predicted octanol–water partition coefficient (Wildman–Crippen LogP) is -1.70. The van der Waals surface area contributed by atoms with Crippen LogP contribution in [0.2, 0.25) is 0 Å². The van der Waals surface area contributed by atoms with Gasteiger partial charge in [-0.25, -0.2) is 15.1 Å². The number of nitrogens with two attached hydrogens (primary N) is 1. The lowest BCUT2D eigenvalue weighted by Gasteiger charge is -2.34. The summed E-state index contributed by atoms with van der Waals surface area (Å²) in [5, 5.41) is 7.77. The molecule has 0 aliphatic carbocycles. The average molecular weight is 298 g/mol. The number of nitrogens with zero attached hydrogens (tertiary/aromatic N) is 4. The van der Waals surface area contributed by atoms with E-state index in [0.717, 1.165) is 5.56 Å². The first-order valence-corrected chi connectivity index (χ1v) is 7.62. The Bertz CT molecular complexity index is 653. The molecule has 108 valence electrons. The molecule has 3 rings (SSSR count). The van der Waals surface area contributed by atoms with Crippen molar-refractivity contribution in [2.75, 3.05) is 36.4 Å². The van der Waals surface area contributed by atoms with Gasteiger partial charge in [0.25, 0.3) is 10.2 Å². The van der Waals surface area contributed by atoms with Crippen LogP contribution in [0.5, 0.6) is 0 Å². The van der Waals surface area contributed by atoms with Crippen LogP contribution < -0.4 is 15.4 Å². The highest BCUT2D eigenvalue weighted by Crippen LogP contribution is 2.29. The number of hydrogen-bond donors (Lipinski definition) is 2. The molecule has 0 bridgehead atoms. The zero-order chi connectivity index (χ0) is 14.3. The van der Waals surface area contributed by atoms with Gasteiger partial charge in [0.1, 0.15) is 18.0 Å². The lowest BCUT2D eigenvalue weighted by Crippen LogP contribution is -2.51. The summed E-state index contributed by atoms with van der Waals surface area (Å²) in [6.07, 6.45) is 1.65. The van der Waals surface area contributed by atoms with Crippen molar-refractivity contribution in [2.24, 2.45) is 5.14 Å². The normalized spacial score (nSPS) is 19.9. The van der Waals surface area contributed by atoms with Gasteiger partial charge in [-0.15, -0.1) is 0 Å². The number of rotatable bonds is 2. The van der Waals surface area contributed by atoms with Crippen molar-refractivity contribution in [3.63, 3.8) is 0 Å². The number of hydrogen-bond acceptors (Lipinski definition) is 6. The zero-order valence-electron chi connectivity index (χ0n) is 10.6. The lowest BCUT2D eigenvalue weighted by molar-refractivity contribution is -0.115. The third-order valence-electron chi connectivity index (χ3n) is 3.42. The van der Waals surface area contributed by atoms with Crippen LogP contribution in [0.4, 0.5) is 11.6 Å².